The molecular weight excluding hydrogens is 160 g/mol. The zero-order chi connectivity index (χ0) is 8.10. The number of hydrogen-bond acceptors (Lipinski definition) is 3. The highest BCUT2D eigenvalue weighted by Gasteiger charge is 2.05. The van der Waals surface area contributed by atoms with Crippen LogP contribution in [0.25, 0.3) is 0 Å². The highest BCUT2D eigenvalue weighted by Crippen LogP contribution is 2.20. The van der Waals surface area contributed by atoms with Gasteiger partial charge in [-0.3, -0.25) is 0 Å². The molecule has 1 aliphatic rings. The lowest BCUT2D eigenvalue weighted by atomic mass is 10.2. The number of methoxy groups -OCH3 is 1. The van der Waals surface area contributed by atoms with Crippen LogP contribution >= 0.6 is 11.8 Å². The highest BCUT2D eigenvalue weighted by atomic mass is 32.2. The molecule has 0 aromatic carbocycles. The normalized spacial score (nSPS) is 22.8. The second-order valence-corrected chi connectivity index (χ2v) is 3.15. The Morgan fingerprint density at radius 3 is 3.18 bits per heavy atom. The molecule has 0 aromatic heterocycles. The van der Waals surface area contributed by atoms with Gasteiger partial charge in [0.15, 0.2) is 0 Å². The fraction of sp³-hybridized carbons (Fsp3) is 0.375. The molecule has 0 bridgehead atoms. The third kappa shape index (κ3) is 2.80. The molecule has 11 heavy (non-hydrogen) atoms. The molecule has 0 radical (unpaired) electrons. The zero-order valence-corrected chi connectivity index (χ0v) is 7.14. The summed E-state index contributed by atoms with van der Waals surface area (Å²) in [6, 6.07) is 0. The molecular formula is C8H10O2S. The fourth-order valence-electron chi connectivity index (χ4n) is 0.769. The summed E-state index contributed by atoms with van der Waals surface area (Å²) in [6.45, 7) is 0. The van der Waals surface area contributed by atoms with Gasteiger partial charge in [-0.2, -0.15) is 0 Å². The first-order chi connectivity index (χ1) is 5.33. The minimum Gasteiger partial charge on any atom is -0.466 e. The van der Waals surface area contributed by atoms with Gasteiger partial charge in [-0.15, -0.1) is 11.8 Å². The molecule has 0 spiro atoms. The van der Waals surface area contributed by atoms with E-state index < -0.39 is 0 Å². The van der Waals surface area contributed by atoms with Crippen LogP contribution in [0.1, 0.15) is 0 Å². The SMILES string of the molecule is COC(=O)/C=C/C1C=CSC1. The number of esters is 1. The number of thioether (sulfide) groups is 1. The van der Waals surface area contributed by atoms with Crippen LogP contribution < -0.4 is 0 Å². The van der Waals surface area contributed by atoms with E-state index >= 15 is 0 Å². The highest BCUT2D eigenvalue weighted by molar-refractivity contribution is 8.02. The Labute approximate surface area is 70.3 Å². The predicted molar refractivity (Wildman–Crippen MR) is 46.2 cm³/mol. The lowest BCUT2D eigenvalue weighted by molar-refractivity contribution is -0.134. The molecule has 0 aliphatic carbocycles. The monoisotopic (exact) mass is 170 g/mol. The van der Waals surface area contributed by atoms with Crippen molar-refractivity contribution in [1.29, 1.82) is 0 Å². The maximum atomic E-state index is 10.6. The molecule has 1 unspecified atom stereocenters. The summed E-state index contributed by atoms with van der Waals surface area (Å²) in [7, 11) is 1.38. The molecule has 0 aromatic rings. The van der Waals surface area contributed by atoms with Crippen LogP contribution in [0.15, 0.2) is 23.6 Å². The van der Waals surface area contributed by atoms with Crippen LogP contribution in [0.5, 0.6) is 0 Å². The van der Waals surface area contributed by atoms with Crippen LogP contribution in [0.4, 0.5) is 0 Å². The molecule has 3 heteroatoms. The van der Waals surface area contributed by atoms with Crippen LogP contribution in [-0.2, 0) is 9.53 Å². The first-order valence-corrected chi connectivity index (χ1v) is 4.42. The fourth-order valence-corrected chi connectivity index (χ4v) is 1.64. The van der Waals surface area contributed by atoms with E-state index in [9.17, 15) is 4.79 Å². The molecule has 0 fully saturated rings. The molecule has 1 heterocycles. The summed E-state index contributed by atoms with van der Waals surface area (Å²) in [5.74, 6) is 1.16. The zero-order valence-electron chi connectivity index (χ0n) is 6.32. The van der Waals surface area contributed by atoms with E-state index in [0.717, 1.165) is 5.75 Å². The first kappa shape index (κ1) is 8.40. The van der Waals surface area contributed by atoms with Gasteiger partial charge >= 0.3 is 5.97 Å². The van der Waals surface area contributed by atoms with E-state index in [1.165, 1.54) is 13.2 Å². The summed E-state index contributed by atoms with van der Waals surface area (Å²) >= 11 is 1.76. The second kappa shape index (κ2) is 4.23. The lowest BCUT2D eigenvalue weighted by Gasteiger charge is -1.96. The molecule has 0 saturated carbocycles. The van der Waals surface area contributed by atoms with Crippen molar-refractivity contribution in [2.45, 2.75) is 0 Å². The van der Waals surface area contributed by atoms with Gasteiger partial charge in [-0.1, -0.05) is 12.2 Å². The molecule has 0 amide bonds. The number of hydrogen-bond donors (Lipinski definition) is 0. The third-order valence-electron chi connectivity index (χ3n) is 1.39. The van der Waals surface area contributed by atoms with Gasteiger partial charge in [0.2, 0.25) is 0 Å². The van der Waals surface area contributed by atoms with E-state index in [4.69, 9.17) is 0 Å². The number of carbonyl (C=O) groups is 1. The van der Waals surface area contributed by atoms with Crippen molar-refractivity contribution < 1.29 is 9.53 Å². The van der Waals surface area contributed by atoms with Crippen molar-refractivity contribution in [1.82, 2.24) is 0 Å². The van der Waals surface area contributed by atoms with Gasteiger partial charge in [0, 0.05) is 17.7 Å². The molecule has 60 valence electrons. The Morgan fingerprint density at radius 1 is 1.82 bits per heavy atom. The van der Waals surface area contributed by atoms with Gasteiger partial charge in [-0.05, 0) is 5.41 Å². The van der Waals surface area contributed by atoms with Crippen molar-refractivity contribution in [3.05, 3.63) is 23.6 Å². The number of rotatable bonds is 2. The van der Waals surface area contributed by atoms with E-state index in [2.05, 4.69) is 10.8 Å². The van der Waals surface area contributed by atoms with Crippen LogP contribution in [-0.4, -0.2) is 18.8 Å². The lowest BCUT2D eigenvalue weighted by Crippen LogP contribution is -1.97. The van der Waals surface area contributed by atoms with Crippen molar-refractivity contribution in [2.75, 3.05) is 12.9 Å². The van der Waals surface area contributed by atoms with Crippen LogP contribution in [0.3, 0.4) is 0 Å². The minimum absolute atomic E-state index is 0.282. The van der Waals surface area contributed by atoms with Gasteiger partial charge in [-0.25, -0.2) is 4.79 Å². The van der Waals surface area contributed by atoms with Crippen LogP contribution in [0, 0.1) is 5.92 Å². The van der Waals surface area contributed by atoms with Gasteiger partial charge in [0.05, 0.1) is 7.11 Å². The van der Waals surface area contributed by atoms with Crippen molar-refractivity contribution >= 4 is 17.7 Å². The maximum Gasteiger partial charge on any atom is 0.330 e. The molecule has 0 saturated heterocycles. The van der Waals surface area contributed by atoms with Crippen LogP contribution in [0.2, 0.25) is 0 Å². The Hall–Kier alpha value is -0.700. The maximum absolute atomic E-state index is 10.6. The summed E-state index contributed by atoms with van der Waals surface area (Å²) in [5, 5.41) is 2.05. The summed E-state index contributed by atoms with van der Waals surface area (Å²) in [5.41, 5.74) is 0. The largest absolute Gasteiger partial charge is 0.466 e. The minimum atomic E-state index is -0.282. The van der Waals surface area contributed by atoms with E-state index in [0.29, 0.717) is 5.92 Å². The Bertz CT molecular complexity index is 196. The molecule has 1 rings (SSSR count). The standard InChI is InChI=1S/C8H10O2S/c1-10-8(9)3-2-7-4-5-11-6-7/h2-5,7H,6H2,1H3/b3-2+. The van der Waals surface area contributed by atoms with E-state index in [1.807, 2.05) is 11.5 Å². The Morgan fingerprint density at radius 2 is 2.64 bits per heavy atom. The molecule has 2 nitrogen and oxygen atoms in total. The van der Waals surface area contributed by atoms with Crippen molar-refractivity contribution in [3.63, 3.8) is 0 Å². The van der Waals surface area contributed by atoms with E-state index in [1.54, 1.807) is 11.8 Å². The predicted octanol–water partition coefficient (Wildman–Crippen LogP) is 1.59. The average molecular weight is 170 g/mol. The topological polar surface area (TPSA) is 26.3 Å². The number of carbonyl (C=O) groups excluding carboxylic acids is 1. The van der Waals surface area contributed by atoms with Gasteiger partial charge in [0.1, 0.15) is 0 Å². The Kier molecular flexibility index (Phi) is 3.23. The van der Waals surface area contributed by atoms with Gasteiger partial charge < -0.3 is 4.74 Å². The van der Waals surface area contributed by atoms with Crippen molar-refractivity contribution in [2.24, 2.45) is 5.92 Å². The number of ether oxygens (including phenoxy) is 1. The summed E-state index contributed by atoms with van der Waals surface area (Å²) in [6.07, 6.45) is 5.41. The number of allylic oxidation sites excluding steroid dienone is 2. The first-order valence-electron chi connectivity index (χ1n) is 3.37. The Balaban J connectivity index is 2.34. The third-order valence-corrected chi connectivity index (χ3v) is 2.32. The molecule has 1 aliphatic heterocycles. The quantitative estimate of drug-likeness (QED) is 0.465. The second-order valence-electron chi connectivity index (χ2n) is 2.21. The molecule has 1 atom stereocenters. The molecule has 0 N–H and O–H groups in total. The van der Waals surface area contributed by atoms with Crippen molar-refractivity contribution in [3.8, 4) is 0 Å². The van der Waals surface area contributed by atoms with Gasteiger partial charge in [0.25, 0.3) is 0 Å². The average Bonchev–Trinajstić information content (AvgIpc) is 2.52. The smallest absolute Gasteiger partial charge is 0.330 e. The summed E-state index contributed by atoms with van der Waals surface area (Å²) < 4.78 is 4.45. The summed E-state index contributed by atoms with van der Waals surface area (Å²) in [4.78, 5) is 10.6. The van der Waals surface area contributed by atoms with E-state index in [-0.39, 0.29) is 5.97 Å².